The Bertz CT molecular complexity index is 1140. The molecule has 1 amide bonds. The molecular formula is C25H32N4O4. The Hall–Kier alpha value is -3.42. The lowest BCUT2D eigenvalue weighted by molar-refractivity contribution is -0.143. The van der Waals surface area contributed by atoms with Crippen molar-refractivity contribution >= 4 is 22.9 Å². The van der Waals surface area contributed by atoms with E-state index in [2.05, 4.69) is 15.4 Å². The van der Waals surface area contributed by atoms with Crippen LogP contribution in [-0.4, -0.2) is 46.9 Å². The van der Waals surface area contributed by atoms with E-state index in [0.29, 0.717) is 31.7 Å². The number of carbonyl (C=O) groups is 2. The summed E-state index contributed by atoms with van der Waals surface area (Å²) < 4.78 is 12.4. The van der Waals surface area contributed by atoms with Crippen LogP contribution in [0, 0.1) is 20.8 Å². The van der Waals surface area contributed by atoms with Crippen molar-refractivity contribution in [3.8, 4) is 5.88 Å². The summed E-state index contributed by atoms with van der Waals surface area (Å²) in [5.74, 6) is 0.170. The van der Waals surface area contributed by atoms with Gasteiger partial charge in [-0.25, -0.2) is 9.67 Å². The Morgan fingerprint density at radius 3 is 2.48 bits per heavy atom. The second kappa shape index (κ2) is 10.9. The monoisotopic (exact) mass is 452 g/mol. The number of amides is 1. The molecule has 176 valence electrons. The zero-order valence-electron chi connectivity index (χ0n) is 20.0. The van der Waals surface area contributed by atoms with Crippen LogP contribution in [0.5, 0.6) is 5.88 Å². The summed E-state index contributed by atoms with van der Waals surface area (Å²) in [6.07, 6.45) is 1.84. The first-order valence-corrected chi connectivity index (χ1v) is 11.1. The number of nitrogens with one attached hydrogen (secondary N) is 1. The highest BCUT2D eigenvalue weighted by Crippen LogP contribution is 2.30. The second-order valence-corrected chi connectivity index (χ2v) is 8.19. The van der Waals surface area contributed by atoms with Gasteiger partial charge in [0.05, 0.1) is 19.0 Å². The van der Waals surface area contributed by atoms with Crippen molar-refractivity contribution in [1.82, 2.24) is 20.1 Å². The Morgan fingerprint density at radius 1 is 1.06 bits per heavy atom. The van der Waals surface area contributed by atoms with Gasteiger partial charge in [0.15, 0.2) is 5.65 Å². The zero-order valence-corrected chi connectivity index (χ0v) is 20.0. The van der Waals surface area contributed by atoms with Gasteiger partial charge >= 0.3 is 5.97 Å². The molecule has 3 rings (SSSR count). The van der Waals surface area contributed by atoms with Gasteiger partial charge in [-0.15, -0.1) is 5.10 Å². The van der Waals surface area contributed by atoms with Crippen molar-refractivity contribution in [3.05, 3.63) is 52.2 Å². The van der Waals surface area contributed by atoms with Crippen molar-refractivity contribution < 1.29 is 19.1 Å². The molecule has 0 aliphatic heterocycles. The van der Waals surface area contributed by atoms with Gasteiger partial charge < -0.3 is 14.8 Å². The van der Waals surface area contributed by atoms with Gasteiger partial charge in [-0.3, -0.25) is 9.59 Å². The SMILES string of the molecule is COc1nn(C)c2nc(C)c(CCC(=O)OCCNC(=O)CCc3ccc(C)cc3)c(C)c12. The summed E-state index contributed by atoms with van der Waals surface area (Å²) in [5, 5.41) is 8.01. The minimum Gasteiger partial charge on any atom is -0.479 e. The lowest BCUT2D eigenvalue weighted by Gasteiger charge is -2.11. The number of rotatable bonds is 10. The van der Waals surface area contributed by atoms with Crippen molar-refractivity contribution in [2.45, 2.75) is 46.5 Å². The molecule has 0 spiro atoms. The molecule has 8 heteroatoms. The molecule has 1 aromatic carbocycles. The van der Waals surface area contributed by atoms with Gasteiger partial charge in [-0.1, -0.05) is 29.8 Å². The molecule has 0 aliphatic rings. The summed E-state index contributed by atoms with van der Waals surface area (Å²) in [6.45, 7) is 6.41. The molecule has 0 aliphatic carbocycles. The maximum atomic E-state index is 12.2. The summed E-state index contributed by atoms with van der Waals surface area (Å²) in [5.41, 5.74) is 5.95. The number of fused-ring (bicyclic) bond motifs is 1. The molecule has 2 heterocycles. The van der Waals surface area contributed by atoms with Crippen molar-refractivity contribution in [2.24, 2.45) is 7.05 Å². The number of ether oxygens (including phenoxy) is 2. The maximum absolute atomic E-state index is 12.2. The van der Waals surface area contributed by atoms with E-state index in [1.165, 1.54) is 5.56 Å². The van der Waals surface area contributed by atoms with E-state index in [1.54, 1.807) is 11.8 Å². The van der Waals surface area contributed by atoms with Gasteiger partial charge in [0, 0.05) is 25.6 Å². The molecule has 0 fully saturated rings. The standard InChI is InChI=1S/C25H32N4O4/c1-16-6-8-19(9-7-16)10-12-21(30)26-14-15-33-22(31)13-11-20-17(2)23-24(27-18(20)3)29(4)28-25(23)32-5/h6-9H,10-15H2,1-5H3,(H,26,30). The first-order valence-electron chi connectivity index (χ1n) is 11.1. The number of methoxy groups -OCH3 is 1. The van der Waals surface area contributed by atoms with Crippen LogP contribution in [0.15, 0.2) is 24.3 Å². The summed E-state index contributed by atoms with van der Waals surface area (Å²) in [4.78, 5) is 28.9. The predicted molar refractivity (Wildman–Crippen MR) is 126 cm³/mol. The van der Waals surface area contributed by atoms with Gasteiger partial charge in [0.1, 0.15) is 6.61 Å². The number of nitrogens with zero attached hydrogens (tertiary/aromatic N) is 3. The van der Waals surface area contributed by atoms with E-state index < -0.39 is 0 Å². The lowest BCUT2D eigenvalue weighted by atomic mass is 10.0. The third-order valence-electron chi connectivity index (χ3n) is 5.74. The van der Waals surface area contributed by atoms with Gasteiger partial charge in [0.2, 0.25) is 11.8 Å². The summed E-state index contributed by atoms with van der Waals surface area (Å²) >= 11 is 0. The average molecular weight is 453 g/mol. The van der Waals surface area contributed by atoms with Crippen LogP contribution in [-0.2, 0) is 34.2 Å². The smallest absolute Gasteiger partial charge is 0.306 e. The van der Waals surface area contributed by atoms with Gasteiger partial charge in [0.25, 0.3) is 0 Å². The number of aryl methyl sites for hydroxylation is 5. The Morgan fingerprint density at radius 2 is 1.79 bits per heavy atom. The topological polar surface area (TPSA) is 95.3 Å². The molecule has 2 aromatic heterocycles. The molecule has 0 unspecified atom stereocenters. The zero-order chi connectivity index (χ0) is 24.0. The van der Waals surface area contributed by atoms with Crippen LogP contribution >= 0.6 is 0 Å². The van der Waals surface area contributed by atoms with Gasteiger partial charge in [-0.2, -0.15) is 0 Å². The van der Waals surface area contributed by atoms with Crippen LogP contribution in [0.3, 0.4) is 0 Å². The van der Waals surface area contributed by atoms with Crippen LogP contribution in [0.2, 0.25) is 0 Å². The third kappa shape index (κ3) is 6.09. The molecule has 0 atom stereocenters. The van der Waals surface area contributed by atoms with E-state index in [4.69, 9.17) is 9.47 Å². The predicted octanol–water partition coefficient (Wildman–Crippen LogP) is 3.13. The van der Waals surface area contributed by atoms with Crippen molar-refractivity contribution in [3.63, 3.8) is 0 Å². The van der Waals surface area contributed by atoms with E-state index in [-0.39, 0.29) is 24.9 Å². The third-order valence-corrected chi connectivity index (χ3v) is 5.74. The lowest BCUT2D eigenvalue weighted by Crippen LogP contribution is -2.28. The normalized spacial score (nSPS) is 10.9. The Kier molecular flexibility index (Phi) is 8.03. The molecule has 33 heavy (non-hydrogen) atoms. The number of hydrogen-bond acceptors (Lipinski definition) is 6. The number of benzene rings is 1. The fourth-order valence-corrected chi connectivity index (χ4v) is 3.86. The Balaban J connectivity index is 1.43. The number of pyridine rings is 1. The summed E-state index contributed by atoms with van der Waals surface area (Å²) in [6, 6.07) is 8.14. The number of hydrogen-bond donors (Lipinski definition) is 1. The number of aromatic nitrogens is 3. The highest BCUT2D eigenvalue weighted by Gasteiger charge is 2.18. The molecule has 8 nitrogen and oxygen atoms in total. The molecular weight excluding hydrogens is 420 g/mol. The molecule has 0 radical (unpaired) electrons. The number of esters is 1. The van der Waals surface area contributed by atoms with E-state index in [1.807, 2.05) is 52.1 Å². The van der Waals surface area contributed by atoms with E-state index >= 15 is 0 Å². The van der Waals surface area contributed by atoms with Crippen LogP contribution in [0.1, 0.15) is 40.8 Å². The van der Waals surface area contributed by atoms with Crippen molar-refractivity contribution in [2.75, 3.05) is 20.3 Å². The molecule has 0 saturated heterocycles. The van der Waals surface area contributed by atoms with Crippen LogP contribution in [0.4, 0.5) is 0 Å². The van der Waals surface area contributed by atoms with Crippen LogP contribution in [0.25, 0.3) is 11.0 Å². The molecule has 0 saturated carbocycles. The Labute approximate surface area is 194 Å². The summed E-state index contributed by atoms with van der Waals surface area (Å²) in [7, 11) is 3.41. The van der Waals surface area contributed by atoms with Gasteiger partial charge in [-0.05, 0) is 50.3 Å². The number of carbonyl (C=O) groups excluding carboxylic acids is 2. The van der Waals surface area contributed by atoms with Crippen LogP contribution < -0.4 is 10.1 Å². The van der Waals surface area contributed by atoms with E-state index in [0.717, 1.165) is 33.4 Å². The largest absolute Gasteiger partial charge is 0.479 e. The first kappa shape index (κ1) is 24.2. The maximum Gasteiger partial charge on any atom is 0.306 e. The highest BCUT2D eigenvalue weighted by molar-refractivity contribution is 5.86. The second-order valence-electron chi connectivity index (χ2n) is 8.19. The quantitative estimate of drug-likeness (QED) is 0.375. The highest BCUT2D eigenvalue weighted by atomic mass is 16.5. The minimum absolute atomic E-state index is 0.0531. The average Bonchev–Trinajstić information content (AvgIpc) is 3.11. The van der Waals surface area contributed by atoms with Crippen molar-refractivity contribution in [1.29, 1.82) is 0 Å². The van der Waals surface area contributed by atoms with E-state index in [9.17, 15) is 9.59 Å². The minimum atomic E-state index is -0.305. The molecule has 3 aromatic rings. The molecule has 0 bridgehead atoms. The fourth-order valence-electron chi connectivity index (χ4n) is 3.86. The molecule has 1 N–H and O–H groups in total. The fraction of sp³-hybridized carbons (Fsp3) is 0.440. The first-order chi connectivity index (χ1) is 15.8.